The number of hydrogen-bond donors (Lipinski definition) is 0. The van der Waals surface area contributed by atoms with E-state index in [4.69, 9.17) is 5.73 Å². The van der Waals surface area contributed by atoms with E-state index in [1.807, 2.05) is 0 Å². The fourth-order valence-electron chi connectivity index (χ4n) is 0. The molecule has 0 atom stereocenters. The van der Waals surface area contributed by atoms with E-state index in [0.717, 1.165) is 0 Å². The van der Waals surface area contributed by atoms with E-state index in [0.29, 0.717) is 0 Å². The van der Waals surface area contributed by atoms with Crippen LogP contribution in [0.2, 0.25) is 0 Å². The van der Waals surface area contributed by atoms with Crippen LogP contribution < -0.4 is 0 Å². The first-order valence-corrected chi connectivity index (χ1v) is 1.33. The number of amides is 2. The standard InChI is InChI=1S/CH2N2O.Fe/c2-1(3)4;/h(H2,2,4);/q;+1/p-1. The first-order chi connectivity index (χ1) is 2.27. The van der Waals surface area contributed by atoms with Gasteiger partial charge in [-0.05, 0) is 0 Å². The quantitative estimate of drug-likeness (QED) is 0.430. The molecule has 0 spiro atoms. The third kappa shape index (κ3) is 3.79. The summed E-state index contributed by atoms with van der Waals surface area (Å²) in [5.74, 6) is 0. The Labute approximate surface area is 37.2 Å². The molecular formula is CHFeN2O. The molecule has 0 rings (SSSR count). The Morgan fingerprint density at radius 1 is 2.00 bits per heavy atom. The number of rotatable bonds is 0. The van der Waals surface area contributed by atoms with Crippen molar-refractivity contribution in [2.75, 3.05) is 0 Å². The van der Waals surface area contributed by atoms with Crippen molar-refractivity contribution in [1.29, 1.82) is 0 Å². The predicted molar refractivity (Wildman–Crippen MR) is 12.1 cm³/mol. The van der Waals surface area contributed by atoms with Gasteiger partial charge in [0.25, 0.3) is 0 Å². The van der Waals surface area contributed by atoms with E-state index >= 15 is 0 Å². The van der Waals surface area contributed by atoms with Crippen molar-refractivity contribution in [3.05, 3.63) is 5.73 Å². The van der Waals surface area contributed by atoms with Crippen LogP contribution in [0, 0.1) is 0 Å². The van der Waals surface area contributed by atoms with E-state index in [1.54, 1.807) is 0 Å². The Hall–Kier alpha value is -0.211. The van der Waals surface area contributed by atoms with Gasteiger partial charge in [0.1, 0.15) is 0 Å². The summed E-state index contributed by atoms with van der Waals surface area (Å²) < 4.78 is 2.67. The van der Waals surface area contributed by atoms with Gasteiger partial charge in [0, 0.05) is 0 Å². The maximum absolute atomic E-state index is 9.25. The Balaban J connectivity index is 3.20. The third-order valence-electron chi connectivity index (χ3n) is 0.0718. The van der Waals surface area contributed by atoms with Crippen LogP contribution in [0.25, 0.3) is 5.73 Å². The molecule has 2 amide bonds. The van der Waals surface area contributed by atoms with Crippen molar-refractivity contribution in [3.63, 3.8) is 0 Å². The Morgan fingerprint density at radius 2 is 2.20 bits per heavy atom. The van der Waals surface area contributed by atoms with E-state index < -0.39 is 6.03 Å². The molecule has 0 aromatic rings. The average molecular weight is 113 g/mol. The van der Waals surface area contributed by atoms with Gasteiger partial charge >= 0.3 is 36.3 Å². The molecule has 0 radical (unpaired) electrons. The van der Waals surface area contributed by atoms with Gasteiger partial charge in [-0.1, -0.05) is 0 Å². The predicted octanol–water partition coefficient (Wildman–Crippen LogP) is 0.889. The van der Waals surface area contributed by atoms with Crippen LogP contribution in [0.5, 0.6) is 0 Å². The van der Waals surface area contributed by atoms with Gasteiger partial charge in [-0.25, -0.2) is 0 Å². The van der Waals surface area contributed by atoms with E-state index in [-0.39, 0.29) is 0 Å². The second kappa shape index (κ2) is 2.05. The minimum absolute atomic E-state index is 0.981. The van der Waals surface area contributed by atoms with E-state index in [1.165, 1.54) is 0 Å². The molecule has 0 unspecified atom stereocenters. The number of urea groups is 1. The molecule has 0 bridgehead atoms. The molecule has 3 nitrogen and oxygen atoms in total. The van der Waals surface area contributed by atoms with Crippen LogP contribution in [0.1, 0.15) is 0 Å². The summed E-state index contributed by atoms with van der Waals surface area (Å²) in [7, 11) is 0. The molecule has 0 heterocycles. The number of nitrogens with zero attached hydrogens (tertiary/aromatic N) is 1. The van der Waals surface area contributed by atoms with Gasteiger partial charge < -0.3 is 0 Å². The summed E-state index contributed by atoms with van der Waals surface area (Å²) in [5.41, 5.74) is 5.96. The maximum atomic E-state index is 9.25. The average Bonchev–Trinajstić information content (AvgIpc) is 1.38. The topological polar surface area (TPSA) is 53.2 Å². The summed E-state index contributed by atoms with van der Waals surface area (Å²) in [6.07, 6.45) is 0. The molecule has 0 aliphatic heterocycles. The van der Waals surface area contributed by atoms with Gasteiger partial charge in [0.15, 0.2) is 0 Å². The second-order valence-corrected chi connectivity index (χ2v) is 0.631. The van der Waals surface area contributed by atoms with Gasteiger partial charge in [-0.3, -0.25) is 0 Å². The summed E-state index contributed by atoms with van der Waals surface area (Å²) in [6, 6.07) is -0.981. The number of carbonyl (C=O) groups excluding carboxylic acids is 1. The van der Waals surface area contributed by atoms with E-state index in [2.05, 4.69) is 19.8 Å². The molecule has 4 heteroatoms. The monoisotopic (exact) mass is 113 g/mol. The molecule has 0 aromatic carbocycles. The zero-order chi connectivity index (χ0) is 4.28. The normalized spacial score (nSPS) is 6.40. The van der Waals surface area contributed by atoms with Crippen LogP contribution in [-0.4, -0.2) is 6.03 Å². The fraction of sp³-hybridized carbons (Fsp3) is 0. The molecule has 0 saturated heterocycles. The zero-order valence-corrected chi connectivity index (χ0v) is 3.31. The SMILES string of the molecule is [NH-]C(=O)[N]=[Fe+]. The van der Waals surface area contributed by atoms with Crippen molar-refractivity contribution in [2.24, 2.45) is 3.96 Å². The molecular weight excluding hydrogens is 112 g/mol. The van der Waals surface area contributed by atoms with Crippen LogP contribution >= 0.6 is 0 Å². The van der Waals surface area contributed by atoms with Crippen molar-refractivity contribution in [3.8, 4) is 0 Å². The summed E-state index contributed by atoms with van der Waals surface area (Å²) in [5, 5.41) is 0. The number of carbonyl (C=O) groups is 1. The molecule has 0 aliphatic carbocycles. The molecule has 0 aliphatic rings. The van der Waals surface area contributed by atoms with Crippen LogP contribution in [-0.2, 0) is 15.8 Å². The van der Waals surface area contributed by atoms with E-state index in [9.17, 15) is 4.79 Å². The van der Waals surface area contributed by atoms with Gasteiger partial charge in [-0.2, -0.15) is 0 Å². The second-order valence-electron chi connectivity index (χ2n) is 0.384. The van der Waals surface area contributed by atoms with Gasteiger partial charge in [0.05, 0.1) is 0 Å². The minimum atomic E-state index is -0.981. The van der Waals surface area contributed by atoms with Crippen LogP contribution in [0.3, 0.4) is 0 Å². The first kappa shape index (κ1) is 4.79. The van der Waals surface area contributed by atoms with Crippen molar-refractivity contribution < 1.29 is 20.6 Å². The molecule has 29 valence electrons. The van der Waals surface area contributed by atoms with Gasteiger partial charge in [0.2, 0.25) is 0 Å². The number of nitrogens with one attached hydrogen (secondary N) is 1. The Morgan fingerprint density at radius 3 is 2.20 bits per heavy atom. The molecule has 0 aromatic heterocycles. The van der Waals surface area contributed by atoms with Crippen molar-refractivity contribution >= 4 is 6.03 Å². The third-order valence-corrected chi connectivity index (χ3v) is 0.296. The summed E-state index contributed by atoms with van der Waals surface area (Å²) in [4.78, 5) is 9.25. The Bertz CT molecular complexity index is 60.7. The number of hydrogen-bond acceptors (Lipinski definition) is 1. The van der Waals surface area contributed by atoms with Crippen LogP contribution in [0.4, 0.5) is 4.79 Å². The van der Waals surface area contributed by atoms with Crippen molar-refractivity contribution in [2.45, 2.75) is 0 Å². The van der Waals surface area contributed by atoms with Crippen molar-refractivity contribution in [1.82, 2.24) is 0 Å². The van der Waals surface area contributed by atoms with Gasteiger partial charge in [-0.15, -0.1) is 0 Å². The molecule has 0 saturated carbocycles. The molecule has 5 heavy (non-hydrogen) atoms. The molecule has 1 N–H and O–H groups in total. The van der Waals surface area contributed by atoms with Crippen LogP contribution in [0.15, 0.2) is 3.96 Å². The summed E-state index contributed by atoms with van der Waals surface area (Å²) in [6.45, 7) is 0. The zero-order valence-electron chi connectivity index (χ0n) is 2.21. The fourth-order valence-corrected chi connectivity index (χ4v) is 0. The summed E-state index contributed by atoms with van der Waals surface area (Å²) >= 11 is 2.77. The Kier molecular flexibility index (Phi) is 1.97. The molecule has 0 fully saturated rings. The first-order valence-electron chi connectivity index (χ1n) is 0.836.